The van der Waals surface area contributed by atoms with E-state index < -0.39 is 10.0 Å². The van der Waals surface area contributed by atoms with Gasteiger partial charge in [0.05, 0.1) is 18.0 Å². The average molecular weight is 411 g/mol. The third-order valence-electron chi connectivity index (χ3n) is 3.72. The van der Waals surface area contributed by atoms with E-state index in [1.165, 1.54) is 16.9 Å². The highest BCUT2D eigenvalue weighted by Gasteiger charge is 2.13. The fourth-order valence-corrected chi connectivity index (χ4v) is 4.25. The van der Waals surface area contributed by atoms with E-state index in [0.29, 0.717) is 25.7 Å². The first-order chi connectivity index (χ1) is 12.9. The zero-order valence-corrected chi connectivity index (χ0v) is 17.4. The van der Waals surface area contributed by atoms with E-state index in [0.717, 1.165) is 5.56 Å². The number of methoxy groups -OCH3 is 1. The molecule has 0 amide bonds. The number of aliphatic imine (C=N–C) groups is 1. The molecule has 2 aromatic rings. The molecule has 0 bridgehead atoms. The normalized spacial score (nSPS) is 12.2. The number of hydrogen-bond acceptors (Lipinski definition) is 5. The Labute approximate surface area is 164 Å². The topological polar surface area (TPSA) is 91.8 Å². The van der Waals surface area contributed by atoms with Gasteiger partial charge in [-0.1, -0.05) is 12.1 Å². The predicted octanol–water partition coefficient (Wildman–Crippen LogP) is 1.85. The summed E-state index contributed by atoms with van der Waals surface area (Å²) < 4.78 is 32.0. The summed E-state index contributed by atoms with van der Waals surface area (Å²) in [6, 6.07) is 11.0. The van der Waals surface area contributed by atoms with Crippen molar-refractivity contribution in [3.05, 3.63) is 51.7 Å². The maximum absolute atomic E-state index is 12.3. The number of sulfonamides is 1. The molecule has 0 radical (unpaired) electrons. The lowest BCUT2D eigenvalue weighted by molar-refractivity contribution is 0.204. The molecule has 3 N–H and O–H groups in total. The molecule has 27 heavy (non-hydrogen) atoms. The SMILES string of the molecule is CN=C(NCc1cccc(S(=O)(=O)NCCOC)c1)NCc1ccc(C)s1. The zero-order valence-electron chi connectivity index (χ0n) is 15.8. The average Bonchev–Trinajstić information content (AvgIpc) is 3.07. The maximum atomic E-state index is 12.3. The molecule has 0 saturated heterocycles. The van der Waals surface area contributed by atoms with Crippen LogP contribution in [0.15, 0.2) is 46.3 Å². The van der Waals surface area contributed by atoms with Crippen molar-refractivity contribution in [1.29, 1.82) is 0 Å². The minimum Gasteiger partial charge on any atom is -0.383 e. The van der Waals surface area contributed by atoms with E-state index in [1.807, 2.05) is 6.07 Å². The third-order valence-corrected chi connectivity index (χ3v) is 6.18. The highest BCUT2D eigenvalue weighted by atomic mass is 32.2. The second-order valence-electron chi connectivity index (χ2n) is 5.83. The summed E-state index contributed by atoms with van der Waals surface area (Å²) in [4.78, 5) is 6.93. The van der Waals surface area contributed by atoms with Crippen molar-refractivity contribution in [3.63, 3.8) is 0 Å². The number of ether oxygens (including phenoxy) is 1. The molecule has 1 aromatic carbocycles. The van der Waals surface area contributed by atoms with Gasteiger partial charge in [-0.05, 0) is 36.8 Å². The van der Waals surface area contributed by atoms with Gasteiger partial charge in [0, 0.05) is 37.0 Å². The van der Waals surface area contributed by atoms with Crippen LogP contribution in [0.25, 0.3) is 0 Å². The van der Waals surface area contributed by atoms with Crippen LogP contribution >= 0.6 is 11.3 Å². The lowest BCUT2D eigenvalue weighted by Gasteiger charge is -2.12. The van der Waals surface area contributed by atoms with Crippen molar-refractivity contribution in [2.45, 2.75) is 24.9 Å². The summed E-state index contributed by atoms with van der Waals surface area (Å²) in [6.07, 6.45) is 0. The molecule has 0 fully saturated rings. The molecule has 0 saturated carbocycles. The van der Waals surface area contributed by atoms with Crippen LogP contribution in [0.2, 0.25) is 0 Å². The van der Waals surface area contributed by atoms with Crippen molar-refractivity contribution in [2.75, 3.05) is 27.3 Å². The highest BCUT2D eigenvalue weighted by molar-refractivity contribution is 7.89. The van der Waals surface area contributed by atoms with Crippen LogP contribution in [0.4, 0.5) is 0 Å². The first-order valence-electron chi connectivity index (χ1n) is 8.52. The van der Waals surface area contributed by atoms with E-state index in [-0.39, 0.29) is 11.4 Å². The summed E-state index contributed by atoms with van der Waals surface area (Å²) in [5.41, 5.74) is 0.847. The largest absolute Gasteiger partial charge is 0.383 e. The molecule has 148 valence electrons. The molecular formula is C18H26N4O3S2. The van der Waals surface area contributed by atoms with Gasteiger partial charge in [-0.2, -0.15) is 0 Å². The number of aryl methyl sites for hydroxylation is 1. The van der Waals surface area contributed by atoms with Crippen LogP contribution in [0, 0.1) is 6.92 Å². The Kier molecular flexibility index (Phi) is 8.23. The lowest BCUT2D eigenvalue weighted by Crippen LogP contribution is -2.36. The van der Waals surface area contributed by atoms with Gasteiger partial charge < -0.3 is 15.4 Å². The molecule has 7 nitrogen and oxygen atoms in total. The molecular weight excluding hydrogens is 384 g/mol. The van der Waals surface area contributed by atoms with Gasteiger partial charge in [-0.15, -0.1) is 11.3 Å². The second-order valence-corrected chi connectivity index (χ2v) is 8.97. The van der Waals surface area contributed by atoms with Gasteiger partial charge in [0.25, 0.3) is 0 Å². The minimum absolute atomic E-state index is 0.231. The molecule has 1 aromatic heterocycles. The van der Waals surface area contributed by atoms with Crippen LogP contribution in [0.3, 0.4) is 0 Å². The fourth-order valence-electron chi connectivity index (χ4n) is 2.34. The molecule has 2 rings (SSSR count). The smallest absolute Gasteiger partial charge is 0.240 e. The summed E-state index contributed by atoms with van der Waals surface area (Å²) >= 11 is 1.74. The van der Waals surface area contributed by atoms with E-state index in [1.54, 1.807) is 36.6 Å². The number of rotatable bonds is 9. The standard InChI is InChI=1S/C18H26N4O3S2/c1-14-7-8-16(26-14)13-21-18(19-2)20-12-15-5-4-6-17(11-15)27(23,24)22-9-10-25-3/h4-8,11,22H,9-10,12-13H2,1-3H3,(H2,19,20,21). The number of guanidine groups is 1. The second kappa shape index (κ2) is 10.4. The van der Waals surface area contributed by atoms with Crippen LogP contribution in [0.5, 0.6) is 0 Å². The highest BCUT2D eigenvalue weighted by Crippen LogP contribution is 2.14. The van der Waals surface area contributed by atoms with E-state index >= 15 is 0 Å². The van der Waals surface area contributed by atoms with Crippen LogP contribution in [-0.2, 0) is 27.8 Å². The Morgan fingerprint density at radius 2 is 1.96 bits per heavy atom. The van der Waals surface area contributed by atoms with Crippen molar-refractivity contribution in [3.8, 4) is 0 Å². The zero-order chi connectivity index (χ0) is 19.7. The monoisotopic (exact) mass is 410 g/mol. The molecule has 0 aliphatic carbocycles. The number of nitrogens with one attached hydrogen (secondary N) is 3. The molecule has 0 spiro atoms. The Hall–Kier alpha value is -1.94. The van der Waals surface area contributed by atoms with Gasteiger partial charge in [-0.3, -0.25) is 4.99 Å². The number of nitrogens with zero attached hydrogens (tertiary/aromatic N) is 1. The Morgan fingerprint density at radius 1 is 1.19 bits per heavy atom. The van der Waals surface area contributed by atoms with Crippen molar-refractivity contribution in [1.82, 2.24) is 15.4 Å². The molecule has 0 atom stereocenters. The van der Waals surface area contributed by atoms with E-state index in [2.05, 4.69) is 39.4 Å². The Morgan fingerprint density at radius 3 is 2.63 bits per heavy atom. The van der Waals surface area contributed by atoms with Gasteiger partial charge >= 0.3 is 0 Å². The van der Waals surface area contributed by atoms with Gasteiger partial charge in [0.15, 0.2) is 5.96 Å². The van der Waals surface area contributed by atoms with Crippen molar-refractivity contribution in [2.24, 2.45) is 4.99 Å². The maximum Gasteiger partial charge on any atom is 0.240 e. The summed E-state index contributed by atoms with van der Waals surface area (Å²) in [6.45, 7) is 3.79. The minimum atomic E-state index is -3.55. The van der Waals surface area contributed by atoms with Gasteiger partial charge in [0.2, 0.25) is 10.0 Å². The van der Waals surface area contributed by atoms with Crippen LogP contribution < -0.4 is 15.4 Å². The number of hydrogen-bond donors (Lipinski definition) is 3. The Balaban J connectivity index is 1.92. The summed E-state index contributed by atoms with van der Waals surface area (Å²) in [5.74, 6) is 0.660. The first kappa shape index (κ1) is 21.4. The molecule has 0 unspecified atom stereocenters. The quantitative estimate of drug-likeness (QED) is 0.333. The molecule has 1 heterocycles. The summed E-state index contributed by atoms with van der Waals surface area (Å²) in [5, 5.41) is 6.46. The third kappa shape index (κ3) is 6.94. The van der Waals surface area contributed by atoms with E-state index in [4.69, 9.17) is 4.74 Å². The molecule has 0 aliphatic rings. The molecule has 9 heteroatoms. The molecule has 0 aliphatic heterocycles. The number of thiophene rings is 1. The van der Waals surface area contributed by atoms with Crippen molar-refractivity contribution < 1.29 is 13.2 Å². The van der Waals surface area contributed by atoms with E-state index in [9.17, 15) is 8.42 Å². The van der Waals surface area contributed by atoms with Gasteiger partial charge in [-0.25, -0.2) is 13.1 Å². The predicted molar refractivity (Wildman–Crippen MR) is 110 cm³/mol. The summed E-state index contributed by atoms with van der Waals surface area (Å²) in [7, 11) is -0.312. The van der Waals surface area contributed by atoms with Crippen LogP contribution in [0.1, 0.15) is 15.3 Å². The van der Waals surface area contributed by atoms with Gasteiger partial charge in [0.1, 0.15) is 0 Å². The Bertz CT molecular complexity index is 863. The van der Waals surface area contributed by atoms with Crippen LogP contribution in [-0.4, -0.2) is 41.7 Å². The fraction of sp³-hybridized carbons (Fsp3) is 0.389. The number of benzene rings is 1. The van der Waals surface area contributed by atoms with Crippen molar-refractivity contribution >= 4 is 27.3 Å². The lowest BCUT2D eigenvalue weighted by atomic mass is 10.2. The first-order valence-corrected chi connectivity index (χ1v) is 10.8.